The Kier molecular flexibility index (Phi) is 2.26. The van der Waals surface area contributed by atoms with Crippen LogP contribution in [0, 0.1) is 11.3 Å². The van der Waals surface area contributed by atoms with Gasteiger partial charge in [0.1, 0.15) is 0 Å². The lowest BCUT2D eigenvalue weighted by atomic mass is 9.77. The van der Waals surface area contributed by atoms with E-state index in [2.05, 4.69) is 25.1 Å². The molecule has 14 heavy (non-hydrogen) atoms. The van der Waals surface area contributed by atoms with Crippen molar-refractivity contribution in [2.45, 2.75) is 25.4 Å². The van der Waals surface area contributed by atoms with E-state index in [0.29, 0.717) is 19.6 Å². The van der Waals surface area contributed by atoms with Gasteiger partial charge in [0.05, 0.1) is 19.3 Å². The van der Waals surface area contributed by atoms with E-state index in [1.54, 1.807) is 0 Å². The molecule has 0 amide bonds. The van der Waals surface area contributed by atoms with Crippen molar-refractivity contribution >= 4 is 0 Å². The number of ether oxygens (including phenoxy) is 1. The first-order valence-corrected chi connectivity index (χ1v) is 4.79. The van der Waals surface area contributed by atoms with Gasteiger partial charge in [-0.2, -0.15) is 5.26 Å². The van der Waals surface area contributed by atoms with Crippen molar-refractivity contribution in [3.63, 3.8) is 0 Å². The van der Waals surface area contributed by atoms with E-state index < -0.39 is 0 Å². The third kappa shape index (κ3) is 1.40. The molecular formula is C12H13NO. The van der Waals surface area contributed by atoms with E-state index in [4.69, 9.17) is 10.00 Å². The monoisotopic (exact) mass is 187 g/mol. The Labute approximate surface area is 84.1 Å². The van der Waals surface area contributed by atoms with Gasteiger partial charge in [0.25, 0.3) is 0 Å². The van der Waals surface area contributed by atoms with Gasteiger partial charge < -0.3 is 4.74 Å². The fourth-order valence-corrected chi connectivity index (χ4v) is 2.02. The summed E-state index contributed by atoms with van der Waals surface area (Å²) in [5, 5.41) is 8.80. The van der Waals surface area contributed by atoms with Gasteiger partial charge in [0.2, 0.25) is 0 Å². The molecule has 0 radical (unpaired) electrons. The van der Waals surface area contributed by atoms with Crippen LogP contribution in [0.3, 0.4) is 0 Å². The summed E-state index contributed by atoms with van der Waals surface area (Å²) in [5.74, 6) is 0. The summed E-state index contributed by atoms with van der Waals surface area (Å²) in [6, 6.07) is 10.5. The number of hydrogen-bond donors (Lipinski definition) is 0. The lowest BCUT2D eigenvalue weighted by Crippen LogP contribution is -2.33. The minimum Gasteiger partial charge on any atom is -0.376 e. The molecule has 1 heterocycles. The topological polar surface area (TPSA) is 33.0 Å². The van der Waals surface area contributed by atoms with Crippen LogP contribution >= 0.6 is 0 Å². The fourth-order valence-electron chi connectivity index (χ4n) is 2.02. The Balaban J connectivity index is 2.45. The maximum absolute atomic E-state index is 8.80. The second-order valence-electron chi connectivity index (χ2n) is 4.05. The van der Waals surface area contributed by atoms with E-state index in [-0.39, 0.29) is 5.41 Å². The molecular weight excluding hydrogens is 174 g/mol. The van der Waals surface area contributed by atoms with E-state index in [0.717, 1.165) is 0 Å². The third-order valence-electron chi connectivity index (χ3n) is 2.82. The van der Waals surface area contributed by atoms with E-state index in [9.17, 15) is 0 Å². The van der Waals surface area contributed by atoms with Crippen molar-refractivity contribution in [3.8, 4) is 6.07 Å². The maximum atomic E-state index is 8.80. The van der Waals surface area contributed by atoms with Gasteiger partial charge >= 0.3 is 0 Å². The van der Waals surface area contributed by atoms with Gasteiger partial charge in [0, 0.05) is 11.8 Å². The van der Waals surface area contributed by atoms with Crippen LogP contribution in [-0.4, -0.2) is 6.61 Å². The van der Waals surface area contributed by atoms with E-state index in [1.807, 2.05) is 12.1 Å². The smallest absolute Gasteiger partial charge is 0.0720 e. The van der Waals surface area contributed by atoms with Crippen molar-refractivity contribution in [1.29, 1.82) is 5.26 Å². The molecule has 72 valence electrons. The van der Waals surface area contributed by atoms with Crippen LogP contribution in [-0.2, 0) is 16.8 Å². The van der Waals surface area contributed by atoms with Gasteiger partial charge in [-0.1, -0.05) is 31.2 Å². The Hall–Kier alpha value is -1.33. The zero-order valence-electron chi connectivity index (χ0n) is 8.29. The van der Waals surface area contributed by atoms with Crippen molar-refractivity contribution in [3.05, 3.63) is 35.4 Å². The molecule has 2 rings (SSSR count). The molecule has 0 aromatic heterocycles. The molecule has 1 aliphatic rings. The molecule has 0 saturated heterocycles. The summed E-state index contributed by atoms with van der Waals surface area (Å²) in [5.41, 5.74) is 2.37. The van der Waals surface area contributed by atoms with Gasteiger partial charge in [-0.05, 0) is 11.1 Å². The van der Waals surface area contributed by atoms with Crippen molar-refractivity contribution in [2.75, 3.05) is 6.61 Å². The highest BCUT2D eigenvalue weighted by Crippen LogP contribution is 2.34. The molecule has 0 fully saturated rings. The summed E-state index contributed by atoms with van der Waals surface area (Å²) < 4.78 is 5.51. The molecule has 2 nitrogen and oxygen atoms in total. The molecule has 2 heteroatoms. The van der Waals surface area contributed by atoms with Crippen molar-refractivity contribution in [1.82, 2.24) is 0 Å². The quantitative estimate of drug-likeness (QED) is 0.676. The molecule has 0 saturated carbocycles. The lowest BCUT2D eigenvalue weighted by molar-refractivity contribution is 0.0591. The highest BCUT2D eigenvalue weighted by atomic mass is 16.5. The predicted molar refractivity (Wildman–Crippen MR) is 53.7 cm³/mol. The zero-order chi connectivity index (χ0) is 10.0. The highest BCUT2D eigenvalue weighted by Gasteiger charge is 2.32. The second kappa shape index (κ2) is 3.43. The Morgan fingerprint density at radius 3 is 3.07 bits per heavy atom. The third-order valence-corrected chi connectivity index (χ3v) is 2.82. The SMILES string of the molecule is CC1(CC#N)COCc2ccccc21. The van der Waals surface area contributed by atoms with Crippen LogP contribution in [0.4, 0.5) is 0 Å². The first-order chi connectivity index (χ1) is 6.76. The molecule has 1 aliphatic heterocycles. The number of fused-ring (bicyclic) bond motifs is 1. The number of benzene rings is 1. The van der Waals surface area contributed by atoms with Crippen LogP contribution in [0.2, 0.25) is 0 Å². The minimum absolute atomic E-state index is 0.121. The van der Waals surface area contributed by atoms with Crippen LogP contribution in [0.1, 0.15) is 24.5 Å². The normalized spacial score (nSPS) is 25.1. The maximum Gasteiger partial charge on any atom is 0.0720 e. The second-order valence-corrected chi connectivity index (χ2v) is 4.05. The van der Waals surface area contributed by atoms with Gasteiger partial charge in [0.15, 0.2) is 0 Å². The van der Waals surface area contributed by atoms with Crippen LogP contribution in [0.5, 0.6) is 0 Å². The van der Waals surface area contributed by atoms with Crippen LogP contribution in [0.25, 0.3) is 0 Å². The zero-order valence-corrected chi connectivity index (χ0v) is 8.29. The van der Waals surface area contributed by atoms with E-state index >= 15 is 0 Å². The Bertz CT molecular complexity index is 380. The molecule has 0 aliphatic carbocycles. The largest absolute Gasteiger partial charge is 0.376 e. The predicted octanol–water partition coefficient (Wildman–Crippen LogP) is 2.39. The molecule has 0 N–H and O–H groups in total. The average Bonchev–Trinajstić information content (AvgIpc) is 2.19. The number of nitriles is 1. The minimum atomic E-state index is -0.121. The molecule has 0 spiro atoms. The highest BCUT2D eigenvalue weighted by molar-refractivity contribution is 5.35. The fraction of sp³-hybridized carbons (Fsp3) is 0.417. The first kappa shape index (κ1) is 9.23. The number of nitrogens with zero attached hydrogens (tertiary/aromatic N) is 1. The molecule has 1 aromatic rings. The summed E-state index contributed by atoms with van der Waals surface area (Å²) >= 11 is 0. The molecule has 1 aromatic carbocycles. The average molecular weight is 187 g/mol. The van der Waals surface area contributed by atoms with Crippen molar-refractivity contribution < 1.29 is 4.74 Å². The van der Waals surface area contributed by atoms with Gasteiger partial charge in [-0.3, -0.25) is 0 Å². The number of rotatable bonds is 1. The van der Waals surface area contributed by atoms with E-state index in [1.165, 1.54) is 11.1 Å². The summed E-state index contributed by atoms with van der Waals surface area (Å²) in [6.45, 7) is 3.42. The summed E-state index contributed by atoms with van der Waals surface area (Å²) in [7, 11) is 0. The Morgan fingerprint density at radius 2 is 2.29 bits per heavy atom. The lowest BCUT2D eigenvalue weighted by Gasteiger charge is -2.33. The first-order valence-electron chi connectivity index (χ1n) is 4.79. The molecule has 1 atom stereocenters. The van der Waals surface area contributed by atoms with Gasteiger partial charge in [-0.15, -0.1) is 0 Å². The summed E-state index contributed by atoms with van der Waals surface area (Å²) in [6.07, 6.45) is 0.518. The van der Waals surface area contributed by atoms with Crippen LogP contribution in [0.15, 0.2) is 24.3 Å². The number of hydrogen-bond acceptors (Lipinski definition) is 2. The van der Waals surface area contributed by atoms with Crippen molar-refractivity contribution in [2.24, 2.45) is 0 Å². The Morgan fingerprint density at radius 1 is 1.50 bits per heavy atom. The molecule has 0 bridgehead atoms. The summed E-state index contributed by atoms with van der Waals surface area (Å²) in [4.78, 5) is 0. The van der Waals surface area contributed by atoms with Gasteiger partial charge in [-0.25, -0.2) is 0 Å². The van der Waals surface area contributed by atoms with Crippen LogP contribution < -0.4 is 0 Å². The molecule has 1 unspecified atom stereocenters. The standard InChI is InChI=1S/C12H13NO/c1-12(6-7-13)9-14-8-10-4-2-3-5-11(10)12/h2-5H,6,8-9H2,1H3.